The Labute approximate surface area is 183 Å². The molecular weight excluding hydrogens is 450 g/mol. The van der Waals surface area contributed by atoms with Gasteiger partial charge in [0.15, 0.2) is 0 Å². The third kappa shape index (κ3) is 5.13. The number of amides is 2. The van der Waals surface area contributed by atoms with Gasteiger partial charge < -0.3 is 4.74 Å². The van der Waals surface area contributed by atoms with Gasteiger partial charge in [-0.15, -0.1) is 11.8 Å². The van der Waals surface area contributed by atoms with E-state index in [0.717, 1.165) is 4.90 Å². The van der Waals surface area contributed by atoms with Crippen molar-refractivity contribution in [2.45, 2.75) is 9.79 Å². The number of sulfonamides is 1. The van der Waals surface area contributed by atoms with E-state index in [-0.39, 0.29) is 34.1 Å². The fraction of sp³-hybridized carbons (Fsp3) is 0.263. The number of carbonyl (C=O) groups excluding carboxylic acids is 2. The zero-order valence-corrected chi connectivity index (χ0v) is 18.4. The van der Waals surface area contributed by atoms with Crippen LogP contribution in [0.1, 0.15) is 20.7 Å². The number of nitrogens with one attached hydrogen (secondary N) is 2. The molecule has 0 aromatic heterocycles. The number of rotatable bonds is 5. The lowest BCUT2D eigenvalue weighted by atomic mass is 10.2. The molecule has 3 rings (SSSR count). The number of hydrogen-bond acceptors (Lipinski definition) is 6. The summed E-state index contributed by atoms with van der Waals surface area (Å²) in [5.74, 6) is -1.24. The lowest BCUT2D eigenvalue weighted by Crippen LogP contribution is -2.42. The molecule has 1 aliphatic heterocycles. The standard InChI is InChI=1S/C19H20ClN3O5S2/c1-29-14-5-6-17(20)16(12-14)19(25)22-21-18(24)13-3-2-4-15(11-13)30(26,27)23-7-9-28-10-8-23/h2-6,11-12H,7-10H2,1H3,(H,21,24)(H,22,25). The lowest BCUT2D eigenvalue weighted by molar-refractivity contribution is 0.0730. The summed E-state index contributed by atoms with van der Waals surface area (Å²) < 4.78 is 32.0. The first-order valence-electron chi connectivity index (χ1n) is 8.95. The average Bonchev–Trinajstić information content (AvgIpc) is 2.78. The molecule has 0 radical (unpaired) electrons. The number of benzene rings is 2. The third-order valence-electron chi connectivity index (χ3n) is 4.41. The highest BCUT2D eigenvalue weighted by Gasteiger charge is 2.27. The Morgan fingerprint density at radius 3 is 2.47 bits per heavy atom. The van der Waals surface area contributed by atoms with Gasteiger partial charge in [-0.05, 0) is 42.7 Å². The predicted octanol–water partition coefficient (Wildman–Crippen LogP) is 2.16. The summed E-state index contributed by atoms with van der Waals surface area (Å²) in [4.78, 5) is 25.7. The van der Waals surface area contributed by atoms with Crippen molar-refractivity contribution in [2.24, 2.45) is 0 Å². The van der Waals surface area contributed by atoms with Gasteiger partial charge in [0.25, 0.3) is 11.8 Å². The zero-order chi connectivity index (χ0) is 21.7. The predicted molar refractivity (Wildman–Crippen MR) is 114 cm³/mol. The van der Waals surface area contributed by atoms with E-state index in [1.807, 2.05) is 6.26 Å². The zero-order valence-electron chi connectivity index (χ0n) is 16.1. The first-order valence-corrected chi connectivity index (χ1v) is 12.0. The quantitative estimate of drug-likeness (QED) is 0.513. The van der Waals surface area contributed by atoms with Gasteiger partial charge >= 0.3 is 0 Å². The number of nitrogens with zero attached hydrogens (tertiary/aromatic N) is 1. The van der Waals surface area contributed by atoms with E-state index in [0.29, 0.717) is 13.2 Å². The normalized spacial score (nSPS) is 14.9. The number of hydrazine groups is 1. The van der Waals surface area contributed by atoms with E-state index in [1.54, 1.807) is 18.2 Å². The molecule has 0 spiro atoms. The Morgan fingerprint density at radius 2 is 1.77 bits per heavy atom. The molecule has 30 heavy (non-hydrogen) atoms. The third-order valence-corrected chi connectivity index (χ3v) is 7.36. The summed E-state index contributed by atoms with van der Waals surface area (Å²) in [5, 5.41) is 0.248. The van der Waals surface area contributed by atoms with Crippen molar-refractivity contribution in [3.8, 4) is 0 Å². The molecule has 0 atom stereocenters. The minimum Gasteiger partial charge on any atom is -0.379 e. The molecule has 2 amide bonds. The van der Waals surface area contributed by atoms with Crippen LogP contribution in [0.2, 0.25) is 5.02 Å². The van der Waals surface area contributed by atoms with Gasteiger partial charge in [0.2, 0.25) is 10.0 Å². The van der Waals surface area contributed by atoms with Gasteiger partial charge in [0, 0.05) is 23.5 Å². The summed E-state index contributed by atoms with van der Waals surface area (Å²) in [6.07, 6.45) is 1.87. The molecule has 1 fully saturated rings. The van der Waals surface area contributed by atoms with E-state index < -0.39 is 21.8 Å². The van der Waals surface area contributed by atoms with Crippen LogP contribution in [0.3, 0.4) is 0 Å². The van der Waals surface area contributed by atoms with Crippen molar-refractivity contribution in [3.63, 3.8) is 0 Å². The molecule has 1 heterocycles. The van der Waals surface area contributed by atoms with E-state index in [2.05, 4.69) is 10.9 Å². The Hall–Kier alpha value is -2.11. The van der Waals surface area contributed by atoms with Crippen LogP contribution in [0.4, 0.5) is 0 Å². The maximum Gasteiger partial charge on any atom is 0.271 e. The van der Waals surface area contributed by atoms with Crippen molar-refractivity contribution in [3.05, 3.63) is 58.6 Å². The molecule has 0 unspecified atom stereocenters. The molecule has 1 aliphatic rings. The van der Waals surface area contributed by atoms with Gasteiger partial charge in [0.05, 0.1) is 28.7 Å². The molecule has 0 aliphatic carbocycles. The second-order valence-electron chi connectivity index (χ2n) is 6.30. The first-order chi connectivity index (χ1) is 14.3. The smallest absolute Gasteiger partial charge is 0.271 e. The van der Waals surface area contributed by atoms with Gasteiger partial charge in [-0.1, -0.05) is 17.7 Å². The maximum atomic E-state index is 12.8. The van der Waals surface area contributed by atoms with E-state index in [1.165, 1.54) is 40.3 Å². The minimum atomic E-state index is -3.74. The van der Waals surface area contributed by atoms with Crippen LogP contribution in [0, 0.1) is 0 Å². The molecule has 2 N–H and O–H groups in total. The van der Waals surface area contributed by atoms with Gasteiger partial charge in [-0.25, -0.2) is 8.42 Å². The molecule has 160 valence electrons. The molecule has 8 nitrogen and oxygen atoms in total. The van der Waals surface area contributed by atoms with Crippen molar-refractivity contribution >= 4 is 45.2 Å². The van der Waals surface area contributed by atoms with Gasteiger partial charge in [-0.3, -0.25) is 20.4 Å². The highest BCUT2D eigenvalue weighted by atomic mass is 35.5. The van der Waals surface area contributed by atoms with Crippen molar-refractivity contribution in [2.75, 3.05) is 32.6 Å². The van der Waals surface area contributed by atoms with Crippen molar-refractivity contribution < 1.29 is 22.7 Å². The Morgan fingerprint density at radius 1 is 1.07 bits per heavy atom. The molecule has 2 aromatic rings. The van der Waals surface area contributed by atoms with Crippen molar-refractivity contribution in [1.82, 2.24) is 15.2 Å². The largest absolute Gasteiger partial charge is 0.379 e. The number of halogens is 1. The van der Waals surface area contributed by atoms with E-state index in [9.17, 15) is 18.0 Å². The molecule has 11 heteroatoms. The summed E-state index contributed by atoms with van der Waals surface area (Å²) in [7, 11) is -3.74. The van der Waals surface area contributed by atoms with E-state index in [4.69, 9.17) is 16.3 Å². The molecular formula is C19H20ClN3O5S2. The Balaban J connectivity index is 1.70. The fourth-order valence-electron chi connectivity index (χ4n) is 2.79. The van der Waals surface area contributed by atoms with Crippen molar-refractivity contribution in [1.29, 1.82) is 0 Å². The fourth-order valence-corrected chi connectivity index (χ4v) is 4.89. The molecule has 0 bridgehead atoms. The van der Waals surface area contributed by atoms with Crippen LogP contribution >= 0.6 is 23.4 Å². The highest BCUT2D eigenvalue weighted by molar-refractivity contribution is 7.98. The molecule has 2 aromatic carbocycles. The van der Waals surface area contributed by atoms with Crippen LogP contribution in [-0.2, 0) is 14.8 Å². The van der Waals surface area contributed by atoms with E-state index >= 15 is 0 Å². The van der Waals surface area contributed by atoms with Crippen LogP contribution in [-0.4, -0.2) is 57.1 Å². The number of hydrogen-bond donors (Lipinski definition) is 2. The highest BCUT2D eigenvalue weighted by Crippen LogP contribution is 2.23. The number of ether oxygens (including phenoxy) is 1. The average molecular weight is 470 g/mol. The number of morpholine rings is 1. The molecule has 0 saturated carbocycles. The minimum absolute atomic E-state index is 0.000840. The number of thioether (sulfide) groups is 1. The van der Waals surface area contributed by atoms with Crippen LogP contribution in [0.5, 0.6) is 0 Å². The second kappa shape index (κ2) is 9.80. The Kier molecular flexibility index (Phi) is 7.37. The topological polar surface area (TPSA) is 105 Å². The molecule has 1 saturated heterocycles. The SMILES string of the molecule is CSc1ccc(Cl)c(C(=O)NNC(=O)c2cccc(S(=O)(=O)N3CCOCC3)c2)c1. The van der Waals surface area contributed by atoms with Gasteiger partial charge in [0.1, 0.15) is 0 Å². The van der Waals surface area contributed by atoms with Crippen LogP contribution in [0.25, 0.3) is 0 Å². The summed E-state index contributed by atoms with van der Waals surface area (Å²) in [5.41, 5.74) is 4.90. The summed E-state index contributed by atoms with van der Waals surface area (Å²) >= 11 is 7.51. The Bertz CT molecular complexity index is 1060. The van der Waals surface area contributed by atoms with Gasteiger partial charge in [-0.2, -0.15) is 4.31 Å². The summed E-state index contributed by atoms with van der Waals surface area (Å²) in [6.45, 7) is 1.16. The van der Waals surface area contributed by atoms with Crippen LogP contribution < -0.4 is 10.9 Å². The van der Waals surface area contributed by atoms with Crippen LogP contribution in [0.15, 0.2) is 52.3 Å². The maximum absolute atomic E-state index is 12.8. The summed E-state index contributed by atoms with van der Waals surface area (Å²) in [6, 6.07) is 10.6. The number of carbonyl (C=O) groups is 2. The second-order valence-corrected chi connectivity index (χ2v) is 9.52. The lowest BCUT2D eigenvalue weighted by Gasteiger charge is -2.26. The monoisotopic (exact) mass is 469 g/mol. The first kappa shape index (κ1) is 22.6.